The molecule has 0 radical (unpaired) electrons. The van der Waals surface area contributed by atoms with Crippen LogP contribution in [0.2, 0.25) is 0 Å². The van der Waals surface area contributed by atoms with Crippen LogP contribution in [0.25, 0.3) is 21.8 Å². The molecule has 0 saturated heterocycles. The highest BCUT2D eigenvalue weighted by Gasteiger charge is 2.12. The maximum Gasteiger partial charge on any atom is 0.183 e. The number of pyridine rings is 1. The molecule has 0 spiro atoms. The Morgan fingerprint density at radius 1 is 1.35 bits per heavy atom. The molecule has 0 bridgehead atoms. The van der Waals surface area contributed by atoms with E-state index >= 15 is 0 Å². The van der Waals surface area contributed by atoms with Gasteiger partial charge in [0.25, 0.3) is 0 Å². The Hall–Kier alpha value is -2.34. The van der Waals surface area contributed by atoms with Crippen LogP contribution in [0.1, 0.15) is 26.3 Å². The fourth-order valence-electron chi connectivity index (χ4n) is 2.52. The Morgan fingerprint density at radius 2 is 2.17 bits per heavy atom. The van der Waals surface area contributed by atoms with E-state index < -0.39 is 0 Å². The predicted molar refractivity (Wildman–Crippen MR) is 97.8 cm³/mol. The summed E-state index contributed by atoms with van der Waals surface area (Å²) in [7, 11) is 1.93. The number of nitrogens with one attached hydrogen (secondary N) is 2. The van der Waals surface area contributed by atoms with Gasteiger partial charge in [0.1, 0.15) is 5.65 Å². The molecule has 5 nitrogen and oxygen atoms in total. The van der Waals surface area contributed by atoms with Crippen molar-refractivity contribution in [3.05, 3.63) is 42.5 Å². The molecular weight excluding hydrogens is 306 g/mol. The number of thiazole rings is 1. The van der Waals surface area contributed by atoms with Gasteiger partial charge in [-0.3, -0.25) is 0 Å². The molecule has 2 N–H and O–H groups in total. The van der Waals surface area contributed by atoms with Gasteiger partial charge in [-0.1, -0.05) is 17.4 Å². The molecule has 0 fully saturated rings. The van der Waals surface area contributed by atoms with E-state index in [1.54, 1.807) is 11.3 Å². The summed E-state index contributed by atoms with van der Waals surface area (Å²) in [4.78, 5) is 10.1. The standard InChI is InChI=1S/C17H21N5S/c1-5-14(18-4)13-8-12(10-22-7-6-19-16(13)22)15-9-20-17(23-15)21-11(2)3/h5-11,18H,1-4H3,(H,20,21)/b14-5-. The van der Waals surface area contributed by atoms with Crippen molar-refractivity contribution in [3.63, 3.8) is 0 Å². The van der Waals surface area contributed by atoms with Crippen LogP contribution < -0.4 is 10.6 Å². The van der Waals surface area contributed by atoms with Crippen LogP contribution in [0.4, 0.5) is 5.13 Å². The highest BCUT2D eigenvalue weighted by molar-refractivity contribution is 7.18. The van der Waals surface area contributed by atoms with Gasteiger partial charge in [0.05, 0.1) is 4.88 Å². The van der Waals surface area contributed by atoms with Gasteiger partial charge in [-0.15, -0.1) is 0 Å². The summed E-state index contributed by atoms with van der Waals surface area (Å²) in [5.74, 6) is 0. The van der Waals surface area contributed by atoms with E-state index in [0.717, 1.165) is 32.5 Å². The Kier molecular flexibility index (Phi) is 4.34. The van der Waals surface area contributed by atoms with E-state index in [4.69, 9.17) is 0 Å². The summed E-state index contributed by atoms with van der Waals surface area (Å²) in [6.07, 6.45) is 9.88. The van der Waals surface area contributed by atoms with Crippen molar-refractivity contribution in [2.45, 2.75) is 26.8 Å². The first-order valence-corrected chi connectivity index (χ1v) is 8.48. The Balaban J connectivity index is 2.09. The molecule has 0 aliphatic heterocycles. The summed E-state index contributed by atoms with van der Waals surface area (Å²) in [6.45, 7) is 6.25. The Morgan fingerprint density at radius 3 is 2.87 bits per heavy atom. The van der Waals surface area contributed by atoms with Gasteiger partial charge in [0, 0.05) is 54.7 Å². The first-order valence-electron chi connectivity index (χ1n) is 7.66. The Bertz CT molecular complexity index is 844. The van der Waals surface area contributed by atoms with Gasteiger partial charge in [0.2, 0.25) is 0 Å². The van der Waals surface area contributed by atoms with E-state index in [1.807, 2.05) is 32.6 Å². The second-order valence-corrected chi connectivity index (χ2v) is 6.61. The van der Waals surface area contributed by atoms with Gasteiger partial charge in [-0.05, 0) is 26.8 Å². The van der Waals surface area contributed by atoms with Crippen LogP contribution in [0.5, 0.6) is 0 Å². The number of anilines is 1. The molecule has 6 heteroatoms. The number of imidazole rings is 1. The van der Waals surface area contributed by atoms with E-state index in [9.17, 15) is 0 Å². The summed E-state index contributed by atoms with van der Waals surface area (Å²) in [5.41, 5.74) is 4.23. The van der Waals surface area contributed by atoms with Crippen LogP contribution >= 0.6 is 11.3 Å². The molecule has 3 rings (SSSR count). The lowest BCUT2D eigenvalue weighted by molar-refractivity contribution is 0.896. The summed E-state index contributed by atoms with van der Waals surface area (Å²) < 4.78 is 2.06. The van der Waals surface area contributed by atoms with Gasteiger partial charge < -0.3 is 15.0 Å². The monoisotopic (exact) mass is 327 g/mol. The van der Waals surface area contributed by atoms with E-state index in [1.165, 1.54) is 0 Å². The minimum Gasteiger partial charge on any atom is -0.388 e. The zero-order valence-corrected chi connectivity index (χ0v) is 14.6. The molecule has 0 aliphatic rings. The molecule has 0 aromatic carbocycles. The third-order valence-electron chi connectivity index (χ3n) is 3.54. The van der Waals surface area contributed by atoms with Crippen LogP contribution in [-0.4, -0.2) is 27.5 Å². The van der Waals surface area contributed by atoms with Gasteiger partial charge >= 0.3 is 0 Å². The van der Waals surface area contributed by atoms with Gasteiger partial charge in [0.15, 0.2) is 5.13 Å². The second-order valence-electron chi connectivity index (χ2n) is 5.58. The minimum atomic E-state index is 0.375. The average Bonchev–Trinajstić information content (AvgIpc) is 3.16. The molecule has 0 saturated carbocycles. The molecule has 120 valence electrons. The van der Waals surface area contributed by atoms with Crippen molar-refractivity contribution in [2.24, 2.45) is 0 Å². The molecule has 3 aromatic heterocycles. The number of aromatic nitrogens is 3. The van der Waals surface area contributed by atoms with Crippen molar-refractivity contribution >= 4 is 27.8 Å². The maximum absolute atomic E-state index is 4.47. The largest absolute Gasteiger partial charge is 0.388 e. The lowest BCUT2D eigenvalue weighted by Gasteiger charge is -2.10. The van der Waals surface area contributed by atoms with Crippen molar-refractivity contribution in [3.8, 4) is 10.4 Å². The van der Waals surface area contributed by atoms with Crippen molar-refractivity contribution < 1.29 is 0 Å². The number of allylic oxidation sites excluding steroid dienone is 1. The molecule has 3 heterocycles. The maximum atomic E-state index is 4.47. The molecule has 0 amide bonds. The van der Waals surface area contributed by atoms with Crippen LogP contribution in [0, 0.1) is 0 Å². The zero-order valence-electron chi connectivity index (χ0n) is 13.8. The van der Waals surface area contributed by atoms with E-state index in [0.29, 0.717) is 6.04 Å². The summed E-state index contributed by atoms with van der Waals surface area (Å²) in [6, 6.07) is 2.54. The lowest BCUT2D eigenvalue weighted by Crippen LogP contribution is -2.08. The SMILES string of the molecule is C/C=C(\NC)c1cc(-c2cnc(NC(C)C)s2)cn2ccnc12. The molecule has 0 aliphatic carbocycles. The van der Waals surface area contributed by atoms with Gasteiger partial charge in [-0.2, -0.15) is 0 Å². The first kappa shape index (κ1) is 15.6. The van der Waals surface area contributed by atoms with Crippen LogP contribution in [0.3, 0.4) is 0 Å². The number of hydrogen-bond acceptors (Lipinski definition) is 5. The smallest absolute Gasteiger partial charge is 0.183 e. The van der Waals surface area contributed by atoms with Crippen LogP contribution in [-0.2, 0) is 0 Å². The third kappa shape index (κ3) is 3.07. The number of nitrogens with zero attached hydrogens (tertiary/aromatic N) is 3. The average molecular weight is 327 g/mol. The second kappa shape index (κ2) is 6.42. The quantitative estimate of drug-likeness (QED) is 0.747. The third-order valence-corrected chi connectivity index (χ3v) is 4.52. The highest BCUT2D eigenvalue weighted by Crippen LogP contribution is 2.32. The van der Waals surface area contributed by atoms with Crippen molar-refractivity contribution in [1.82, 2.24) is 19.7 Å². The Labute approximate surface area is 140 Å². The van der Waals surface area contributed by atoms with E-state index in [2.05, 4.69) is 57.2 Å². The fraction of sp³-hybridized carbons (Fsp3) is 0.294. The predicted octanol–water partition coefficient (Wildman–Crippen LogP) is 3.86. The molecule has 0 atom stereocenters. The normalized spacial score (nSPS) is 12.1. The van der Waals surface area contributed by atoms with Crippen molar-refractivity contribution in [2.75, 3.05) is 12.4 Å². The molecule has 23 heavy (non-hydrogen) atoms. The topological polar surface area (TPSA) is 54.2 Å². The first-order chi connectivity index (χ1) is 11.1. The number of fused-ring (bicyclic) bond motifs is 1. The summed E-state index contributed by atoms with van der Waals surface area (Å²) >= 11 is 1.67. The van der Waals surface area contributed by atoms with Gasteiger partial charge in [-0.25, -0.2) is 9.97 Å². The highest BCUT2D eigenvalue weighted by atomic mass is 32.1. The van der Waals surface area contributed by atoms with E-state index in [-0.39, 0.29) is 0 Å². The van der Waals surface area contributed by atoms with Crippen molar-refractivity contribution in [1.29, 1.82) is 0 Å². The fourth-order valence-corrected chi connectivity index (χ4v) is 3.46. The molecular formula is C17H21N5S. The molecule has 3 aromatic rings. The zero-order chi connectivity index (χ0) is 16.4. The minimum absolute atomic E-state index is 0.375. The lowest BCUT2D eigenvalue weighted by atomic mass is 10.1. The number of hydrogen-bond donors (Lipinski definition) is 2. The number of rotatable bonds is 5. The van der Waals surface area contributed by atoms with Crippen LogP contribution in [0.15, 0.2) is 36.9 Å². The summed E-state index contributed by atoms with van der Waals surface area (Å²) in [5, 5.41) is 7.54. The molecule has 0 unspecified atom stereocenters.